The number of hydrogen-bond donors (Lipinski definition) is 0. The maximum absolute atomic E-state index is 13.0. The van der Waals surface area contributed by atoms with Crippen molar-refractivity contribution in [1.82, 2.24) is 0 Å². The first-order valence-corrected chi connectivity index (χ1v) is 6.84. The van der Waals surface area contributed by atoms with Gasteiger partial charge in [0.15, 0.2) is 0 Å². The third-order valence-electron chi connectivity index (χ3n) is 2.06. The Morgan fingerprint density at radius 1 is 1.31 bits per heavy atom. The Hall–Kier alpha value is -0.0900. The minimum atomic E-state index is -0.371. The lowest BCUT2D eigenvalue weighted by Gasteiger charge is -2.06. The number of rotatable bonds is 2. The number of alkyl halides is 1. The van der Waals surface area contributed by atoms with Crippen LogP contribution in [0.25, 0.3) is 0 Å². The topological polar surface area (TPSA) is 0 Å². The van der Waals surface area contributed by atoms with Gasteiger partial charge in [-0.25, -0.2) is 4.39 Å². The summed E-state index contributed by atoms with van der Waals surface area (Å²) >= 11 is 16.9. The Kier molecular flexibility index (Phi) is 3.90. The Balaban J connectivity index is 2.35. The second kappa shape index (κ2) is 5.05. The predicted molar refractivity (Wildman–Crippen MR) is 71.1 cm³/mol. The van der Waals surface area contributed by atoms with E-state index in [4.69, 9.17) is 23.2 Å². The fraction of sp³-hybridized carbons (Fsp3) is 0.0909. The molecule has 2 aromatic rings. The van der Waals surface area contributed by atoms with E-state index in [1.54, 1.807) is 12.1 Å². The Labute approximate surface area is 115 Å². The molecule has 1 aromatic carbocycles. The van der Waals surface area contributed by atoms with Gasteiger partial charge in [0.2, 0.25) is 0 Å². The van der Waals surface area contributed by atoms with Crippen LogP contribution in [0.5, 0.6) is 0 Å². The molecule has 1 aromatic heterocycles. The van der Waals surface area contributed by atoms with Crippen LogP contribution < -0.4 is 0 Å². The molecule has 1 unspecified atom stereocenters. The Bertz CT molecular complexity index is 493. The van der Waals surface area contributed by atoms with E-state index in [1.165, 1.54) is 23.5 Å². The van der Waals surface area contributed by atoms with Gasteiger partial charge in [-0.3, -0.25) is 0 Å². The first kappa shape index (κ1) is 12.4. The number of benzene rings is 1. The van der Waals surface area contributed by atoms with Gasteiger partial charge in [-0.1, -0.05) is 23.7 Å². The van der Waals surface area contributed by atoms with Crippen molar-refractivity contribution in [2.75, 3.05) is 0 Å². The molecule has 0 spiro atoms. The highest BCUT2D eigenvalue weighted by Crippen LogP contribution is 2.40. The van der Waals surface area contributed by atoms with Crippen molar-refractivity contribution >= 4 is 50.5 Å². The molecule has 0 aliphatic rings. The van der Waals surface area contributed by atoms with Gasteiger partial charge in [-0.2, -0.15) is 0 Å². The van der Waals surface area contributed by atoms with Crippen molar-refractivity contribution in [1.29, 1.82) is 0 Å². The van der Waals surface area contributed by atoms with Crippen molar-refractivity contribution in [3.05, 3.63) is 55.4 Å². The average Bonchev–Trinajstić information content (AvgIpc) is 2.58. The molecule has 0 amide bonds. The minimum absolute atomic E-state index is 0.287. The van der Waals surface area contributed by atoms with Crippen molar-refractivity contribution in [2.24, 2.45) is 0 Å². The van der Waals surface area contributed by atoms with E-state index >= 15 is 0 Å². The van der Waals surface area contributed by atoms with Crippen LogP contribution in [0, 0.1) is 5.82 Å². The molecule has 0 radical (unpaired) electrons. The van der Waals surface area contributed by atoms with E-state index in [1.807, 2.05) is 6.07 Å². The second-order valence-corrected chi connectivity index (χ2v) is 6.16. The molecule has 0 aliphatic carbocycles. The summed E-state index contributed by atoms with van der Waals surface area (Å²) in [5.74, 6) is -0.287. The monoisotopic (exact) mass is 338 g/mol. The third-order valence-corrected chi connectivity index (χ3v) is 5.21. The summed E-state index contributed by atoms with van der Waals surface area (Å²) < 4.78 is 14.5. The standard InChI is InChI=1S/C11H6BrCl2FS/c12-8-5-9(16-11(8)14)10(13)6-2-1-3-7(15)4-6/h1-5,10H. The highest BCUT2D eigenvalue weighted by molar-refractivity contribution is 9.10. The summed E-state index contributed by atoms with van der Waals surface area (Å²) in [4.78, 5) is 0.893. The van der Waals surface area contributed by atoms with Gasteiger partial charge in [0, 0.05) is 9.35 Å². The minimum Gasteiger partial charge on any atom is -0.207 e. The van der Waals surface area contributed by atoms with E-state index in [2.05, 4.69) is 15.9 Å². The van der Waals surface area contributed by atoms with E-state index in [0.717, 1.165) is 14.9 Å². The highest BCUT2D eigenvalue weighted by Gasteiger charge is 2.15. The van der Waals surface area contributed by atoms with Crippen LogP contribution in [0.15, 0.2) is 34.8 Å². The molecule has 0 saturated heterocycles. The zero-order valence-electron chi connectivity index (χ0n) is 7.88. The first-order valence-electron chi connectivity index (χ1n) is 4.42. The van der Waals surface area contributed by atoms with Gasteiger partial charge in [-0.15, -0.1) is 22.9 Å². The normalized spacial score (nSPS) is 12.8. The predicted octanol–water partition coefficient (Wildman–Crippen LogP) is 5.63. The van der Waals surface area contributed by atoms with Crippen LogP contribution in [0.4, 0.5) is 4.39 Å². The van der Waals surface area contributed by atoms with Gasteiger partial charge < -0.3 is 0 Å². The molecule has 0 nitrogen and oxygen atoms in total. The van der Waals surface area contributed by atoms with Crippen molar-refractivity contribution in [3.63, 3.8) is 0 Å². The van der Waals surface area contributed by atoms with Crippen LogP contribution in [-0.4, -0.2) is 0 Å². The lowest BCUT2D eigenvalue weighted by molar-refractivity contribution is 0.626. The molecule has 0 fully saturated rings. The maximum Gasteiger partial charge on any atom is 0.123 e. The molecule has 0 bridgehead atoms. The first-order chi connectivity index (χ1) is 7.58. The smallest absolute Gasteiger partial charge is 0.123 e. The molecule has 1 atom stereocenters. The fourth-order valence-corrected chi connectivity index (χ4v) is 3.39. The second-order valence-electron chi connectivity index (χ2n) is 3.19. The van der Waals surface area contributed by atoms with Gasteiger partial charge in [0.25, 0.3) is 0 Å². The third kappa shape index (κ3) is 2.59. The summed E-state index contributed by atoms with van der Waals surface area (Å²) in [6.07, 6.45) is 0. The fourth-order valence-electron chi connectivity index (χ4n) is 1.32. The van der Waals surface area contributed by atoms with Crippen molar-refractivity contribution in [3.8, 4) is 0 Å². The molecule has 16 heavy (non-hydrogen) atoms. The summed E-state index contributed by atoms with van der Waals surface area (Å²) in [6.45, 7) is 0. The van der Waals surface area contributed by atoms with E-state index < -0.39 is 0 Å². The quantitative estimate of drug-likeness (QED) is 0.622. The van der Waals surface area contributed by atoms with E-state index in [-0.39, 0.29) is 11.2 Å². The van der Waals surface area contributed by atoms with E-state index in [0.29, 0.717) is 4.34 Å². The van der Waals surface area contributed by atoms with Crippen LogP contribution in [0.1, 0.15) is 15.8 Å². The van der Waals surface area contributed by atoms with Crippen LogP contribution >= 0.6 is 50.5 Å². The molecule has 2 rings (SSSR count). The molecular formula is C11H6BrCl2FS. The number of thiophene rings is 1. The summed E-state index contributed by atoms with van der Waals surface area (Å²) in [6, 6.07) is 8.12. The van der Waals surface area contributed by atoms with Crippen LogP contribution in [0.2, 0.25) is 4.34 Å². The molecule has 84 valence electrons. The zero-order chi connectivity index (χ0) is 11.7. The zero-order valence-corrected chi connectivity index (χ0v) is 11.8. The molecule has 0 N–H and O–H groups in total. The Morgan fingerprint density at radius 3 is 2.62 bits per heavy atom. The number of hydrogen-bond acceptors (Lipinski definition) is 1. The van der Waals surface area contributed by atoms with Crippen LogP contribution in [-0.2, 0) is 0 Å². The average molecular weight is 340 g/mol. The highest BCUT2D eigenvalue weighted by atomic mass is 79.9. The molecule has 1 heterocycles. The Morgan fingerprint density at radius 2 is 2.06 bits per heavy atom. The number of halogens is 4. The molecule has 5 heteroatoms. The lowest BCUT2D eigenvalue weighted by atomic mass is 10.1. The maximum atomic E-state index is 13.0. The van der Waals surface area contributed by atoms with Gasteiger partial charge in [0.1, 0.15) is 10.2 Å². The largest absolute Gasteiger partial charge is 0.207 e. The van der Waals surface area contributed by atoms with Crippen molar-refractivity contribution in [2.45, 2.75) is 5.38 Å². The summed E-state index contributed by atoms with van der Waals surface area (Å²) in [5, 5.41) is -0.371. The summed E-state index contributed by atoms with van der Waals surface area (Å²) in [7, 11) is 0. The lowest BCUT2D eigenvalue weighted by Crippen LogP contribution is -1.90. The molecular weight excluding hydrogens is 334 g/mol. The van der Waals surface area contributed by atoms with Crippen LogP contribution in [0.3, 0.4) is 0 Å². The summed E-state index contributed by atoms with van der Waals surface area (Å²) in [5.41, 5.74) is 0.729. The molecule has 0 saturated carbocycles. The van der Waals surface area contributed by atoms with Crippen molar-refractivity contribution < 1.29 is 4.39 Å². The SMILES string of the molecule is Fc1cccc(C(Cl)c2cc(Br)c(Cl)s2)c1. The van der Waals surface area contributed by atoms with Gasteiger partial charge in [0.05, 0.1) is 5.38 Å². The molecule has 0 aliphatic heterocycles. The van der Waals surface area contributed by atoms with Gasteiger partial charge >= 0.3 is 0 Å². The van der Waals surface area contributed by atoms with E-state index in [9.17, 15) is 4.39 Å². The van der Waals surface area contributed by atoms with Gasteiger partial charge in [-0.05, 0) is 39.7 Å².